The summed E-state index contributed by atoms with van der Waals surface area (Å²) in [4.78, 5) is 11.9. The lowest BCUT2D eigenvalue weighted by Gasteiger charge is -2.19. The number of amides is 1. The second-order valence-corrected chi connectivity index (χ2v) is 5.76. The van der Waals surface area contributed by atoms with Crippen molar-refractivity contribution < 1.29 is 4.79 Å². The first-order chi connectivity index (χ1) is 7.70. The van der Waals surface area contributed by atoms with Gasteiger partial charge < -0.3 is 11.1 Å². The number of nitrogen functional groups attached to an aromatic ring is 1. The van der Waals surface area contributed by atoms with Gasteiger partial charge >= 0.3 is 0 Å². The third kappa shape index (κ3) is 3.77. The molecule has 0 aliphatic rings. The largest absolute Gasteiger partial charge is 0.398 e. The van der Waals surface area contributed by atoms with E-state index in [0.29, 0.717) is 12.1 Å². The van der Waals surface area contributed by atoms with E-state index in [9.17, 15) is 4.79 Å². The lowest BCUT2D eigenvalue weighted by molar-refractivity contribution is -0.117. The summed E-state index contributed by atoms with van der Waals surface area (Å²) in [7, 11) is 0. The Kier molecular flexibility index (Phi) is 3.81. The predicted molar refractivity (Wildman–Crippen MR) is 73.0 cm³/mol. The van der Waals surface area contributed by atoms with E-state index in [1.54, 1.807) is 0 Å². The summed E-state index contributed by atoms with van der Waals surface area (Å²) in [5.41, 5.74) is 9.37. The maximum atomic E-state index is 11.9. The first-order valence-corrected chi connectivity index (χ1v) is 5.86. The average Bonchev–Trinajstić information content (AvgIpc) is 2.16. The first-order valence-electron chi connectivity index (χ1n) is 5.86. The van der Waals surface area contributed by atoms with E-state index in [1.165, 1.54) is 0 Å². The minimum Gasteiger partial charge on any atom is -0.398 e. The molecular weight excluding hydrogens is 212 g/mol. The smallest absolute Gasteiger partial charge is 0.224 e. The van der Waals surface area contributed by atoms with Gasteiger partial charge in [0.25, 0.3) is 0 Å². The van der Waals surface area contributed by atoms with Crippen LogP contribution in [0.4, 0.5) is 11.4 Å². The van der Waals surface area contributed by atoms with E-state index in [-0.39, 0.29) is 11.3 Å². The number of hydrogen-bond acceptors (Lipinski definition) is 2. The van der Waals surface area contributed by atoms with Crippen LogP contribution < -0.4 is 11.1 Å². The van der Waals surface area contributed by atoms with Gasteiger partial charge in [0.2, 0.25) is 5.91 Å². The molecule has 17 heavy (non-hydrogen) atoms. The van der Waals surface area contributed by atoms with E-state index < -0.39 is 0 Å². The van der Waals surface area contributed by atoms with Crippen molar-refractivity contribution >= 4 is 17.3 Å². The van der Waals surface area contributed by atoms with Crippen molar-refractivity contribution in [2.24, 2.45) is 5.41 Å². The Morgan fingerprint density at radius 2 is 1.88 bits per heavy atom. The quantitative estimate of drug-likeness (QED) is 0.772. The minimum atomic E-state index is -0.00772. The van der Waals surface area contributed by atoms with Gasteiger partial charge in [0.1, 0.15) is 0 Å². The number of nitrogens with two attached hydrogens (primary N) is 1. The van der Waals surface area contributed by atoms with Gasteiger partial charge in [-0.3, -0.25) is 4.79 Å². The van der Waals surface area contributed by atoms with Crippen LogP contribution in [-0.4, -0.2) is 5.91 Å². The SMILES string of the molecule is Cc1ccc(N)c(C)c1NC(=O)CC(C)(C)C. The number of aryl methyl sites for hydroxylation is 1. The van der Waals surface area contributed by atoms with Crippen LogP contribution in [-0.2, 0) is 4.79 Å². The molecule has 1 amide bonds. The van der Waals surface area contributed by atoms with Crippen molar-refractivity contribution in [2.75, 3.05) is 11.1 Å². The van der Waals surface area contributed by atoms with Crippen molar-refractivity contribution in [1.29, 1.82) is 0 Å². The highest BCUT2D eigenvalue weighted by Crippen LogP contribution is 2.26. The fourth-order valence-electron chi connectivity index (χ4n) is 1.72. The molecule has 1 aromatic rings. The first kappa shape index (κ1) is 13.6. The molecule has 0 aliphatic carbocycles. The molecule has 0 radical (unpaired) electrons. The molecule has 0 bridgehead atoms. The van der Waals surface area contributed by atoms with Crippen LogP contribution in [0, 0.1) is 19.3 Å². The van der Waals surface area contributed by atoms with E-state index in [1.807, 2.05) is 46.8 Å². The zero-order chi connectivity index (χ0) is 13.2. The van der Waals surface area contributed by atoms with Gasteiger partial charge in [0, 0.05) is 17.8 Å². The van der Waals surface area contributed by atoms with Crippen molar-refractivity contribution in [3.8, 4) is 0 Å². The molecular formula is C14H22N2O. The zero-order valence-electron chi connectivity index (χ0n) is 11.3. The van der Waals surface area contributed by atoms with Gasteiger partial charge in [-0.15, -0.1) is 0 Å². The Balaban J connectivity index is 2.89. The number of nitrogens with one attached hydrogen (secondary N) is 1. The normalized spacial score (nSPS) is 11.4. The summed E-state index contributed by atoms with van der Waals surface area (Å²) >= 11 is 0. The molecule has 1 rings (SSSR count). The molecule has 1 aromatic carbocycles. The van der Waals surface area contributed by atoms with Crippen LogP contribution in [0.15, 0.2) is 12.1 Å². The summed E-state index contributed by atoms with van der Waals surface area (Å²) < 4.78 is 0. The third-order valence-corrected chi connectivity index (χ3v) is 2.67. The highest BCUT2D eigenvalue weighted by molar-refractivity contribution is 5.93. The second kappa shape index (κ2) is 4.78. The average molecular weight is 234 g/mol. The molecule has 0 unspecified atom stereocenters. The van der Waals surface area contributed by atoms with E-state index in [0.717, 1.165) is 16.8 Å². The Hall–Kier alpha value is -1.51. The highest BCUT2D eigenvalue weighted by Gasteiger charge is 2.17. The number of rotatable bonds is 2. The monoisotopic (exact) mass is 234 g/mol. The van der Waals surface area contributed by atoms with Crippen molar-refractivity contribution in [3.05, 3.63) is 23.3 Å². The summed E-state index contributed by atoms with van der Waals surface area (Å²) in [5, 5.41) is 2.96. The number of hydrogen-bond donors (Lipinski definition) is 2. The van der Waals surface area contributed by atoms with E-state index >= 15 is 0 Å². The molecule has 0 aliphatic heterocycles. The molecule has 0 atom stereocenters. The number of carbonyl (C=O) groups is 1. The topological polar surface area (TPSA) is 55.1 Å². The number of carbonyl (C=O) groups excluding carboxylic acids is 1. The van der Waals surface area contributed by atoms with Gasteiger partial charge in [-0.25, -0.2) is 0 Å². The summed E-state index contributed by atoms with van der Waals surface area (Å²) in [6, 6.07) is 3.79. The highest BCUT2D eigenvalue weighted by atomic mass is 16.1. The van der Waals surface area contributed by atoms with Crippen LogP contribution in [0.1, 0.15) is 38.3 Å². The van der Waals surface area contributed by atoms with Crippen LogP contribution in [0.2, 0.25) is 0 Å². The Labute approximate surface area is 103 Å². The summed E-state index contributed by atoms with van der Waals surface area (Å²) in [6.45, 7) is 10.0. The zero-order valence-corrected chi connectivity index (χ0v) is 11.3. The van der Waals surface area contributed by atoms with Crippen LogP contribution >= 0.6 is 0 Å². The van der Waals surface area contributed by atoms with E-state index in [2.05, 4.69) is 5.32 Å². The number of benzene rings is 1. The standard InChI is InChI=1S/C14H22N2O/c1-9-6-7-11(15)10(2)13(9)16-12(17)8-14(3,4)5/h6-7H,8,15H2,1-5H3,(H,16,17). The Bertz CT molecular complexity index is 431. The minimum absolute atomic E-state index is 0.00772. The Morgan fingerprint density at radius 3 is 2.41 bits per heavy atom. The Morgan fingerprint density at radius 1 is 1.29 bits per heavy atom. The fraction of sp³-hybridized carbons (Fsp3) is 0.500. The van der Waals surface area contributed by atoms with Crippen LogP contribution in [0.5, 0.6) is 0 Å². The lowest BCUT2D eigenvalue weighted by atomic mass is 9.92. The molecule has 94 valence electrons. The molecule has 0 saturated carbocycles. The number of anilines is 2. The van der Waals surface area contributed by atoms with Crippen LogP contribution in [0.3, 0.4) is 0 Å². The van der Waals surface area contributed by atoms with Gasteiger partial charge in [-0.05, 0) is 36.5 Å². The van der Waals surface area contributed by atoms with Crippen LogP contribution in [0.25, 0.3) is 0 Å². The maximum Gasteiger partial charge on any atom is 0.224 e. The van der Waals surface area contributed by atoms with Gasteiger partial charge in [0.15, 0.2) is 0 Å². The molecule has 0 saturated heterocycles. The van der Waals surface area contributed by atoms with Gasteiger partial charge in [0.05, 0.1) is 0 Å². The second-order valence-electron chi connectivity index (χ2n) is 5.76. The molecule has 3 heteroatoms. The maximum absolute atomic E-state index is 11.9. The predicted octanol–water partition coefficient (Wildman–Crippen LogP) is 3.26. The molecule has 0 heterocycles. The van der Waals surface area contributed by atoms with Crippen molar-refractivity contribution in [3.63, 3.8) is 0 Å². The molecule has 3 nitrogen and oxygen atoms in total. The molecule has 3 N–H and O–H groups in total. The lowest BCUT2D eigenvalue weighted by Crippen LogP contribution is -2.20. The summed E-state index contributed by atoms with van der Waals surface area (Å²) in [5.74, 6) is 0.0364. The molecule has 0 fully saturated rings. The molecule has 0 aromatic heterocycles. The van der Waals surface area contributed by atoms with Gasteiger partial charge in [-0.1, -0.05) is 26.8 Å². The molecule has 0 spiro atoms. The van der Waals surface area contributed by atoms with Gasteiger partial charge in [-0.2, -0.15) is 0 Å². The van der Waals surface area contributed by atoms with E-state index in [4.69, 9.17) is 5.73 Å². The summed E-state index contributed by atoms with van der Waals surface area (Å²) in [6.07, 6.45) is 0.501. The third-order valence-electron chi connectivity index (χ3n) is 2.67. The van der Waals surface area contributed by atoms with Crippen molar-refractivity contribution in [2.45, 2.75) is 41.0 Å². The van der Waals surface area contributed by atoms with Crippen molar-refractivity contribution in [1.82, 2.24) is 0 Å². The fourth-order valence-corrected chi connectivity index (χ4v) is 1.72.